The average molecular weight is 367 g/mol. The fraction of sp³-hybridized carbons (Fsp3) is 0.150. The number of ether oxygens (including phenoxy) is 1. The van der Waals surface area contributed by atoms with Gasteiger partial charge in [0.2, 0.25) is 11.8 Å². The number of hydrogen-bond donors (Lipinski definition) is 2. The third-order valence-electron chi connectivity index (χ3n) is 3.31. The molecule has 27 heavy (non-hydrogen) atoms. The van der Waals surface area contributed by atoms with Gasteiger partial charge in [0.05, 0.1) is 6.21 Å². The highest BCUT2D eigenvalue weighted by Crippen LogP contribution is 2.11. The van der Waals surface area contributed by atoms with E-state index in [0.29, 0.717) is 11.4 Å². The standard InChI is InChI=1S/C20H18FN3O3/c1-2-13-27-18-9-3-15(4-10-18)14-22-24-20(26)12-11-19(25)23-17-7-5-16(21)6-8-17/h1,3-10,14H,11-13H2,(H,23,25)(H,24,26). The van der Waals surface area contributed by atoms with E-state index < -0.39 is 5.91 Å². The zero-order valence-corrected chi connectivity index (χ0v) is 14.4. The minimum atomic E-state index is -0.394. The van der Waals surface area contributed by atoms with E-state index in [1.54, 1.807) is 24.3 Å². The molecule has 0 saturated carbocycles. The molecule has 7 heteroatoms. The maximum Gasteiger partial charge on any atom is 0.240 e. The molecule has 0 aliphatic carbocycles. The van der Waals surface area contributed by atoms with Crippen LogP contribution in [0.3, 0.4) is 0 Å². The summed E-state index contributed by atoms with van der Waals surface area (Å²) < 4.78 is 18.0. The summed E-state index contributed by atoms with van der Waals surface area (Å²) in [5, 5.41) is 6.41. The van der Waals surface area contributed by atoms with Crippen LogP contribution in [0.2, 0.25) is 0 Å². The lowest BCUT2D eigenvalue weighted by Crippen LogP contribution is -2.20. The van der Waals surface area contributed by atoms with Crippen molar-refractivity contribution in [2.24, 2.45) is 5.10 Å². The van der Waals surface area contributed by atoms with Crippen LogP contribution >= 0.6 is 0 Å². The number of anilines is 1. The van der Waals surface area contributed by atoms with Gasteiger partial charge in [0.25, 0.3) is 0 Å². The van der Waals surface area contributed by atoms with Crippen molar-refractivity contribution < 1.29 is 18.7 Å². The Morgan fingerprint density at radius 2 is 1.74 bits per heavy atom. The fourth-order valence-electron chi connectivity index (χ4n) is 1.99. The Morgan fingerprint density at radius 3 is 2.41 bits per heavy atom. The van der Waals surface area contributed by atoms with E-state index in [-0.39, 0.29) is 31.2 Å². The number of carbonyl (C=O) groups excluding carboxylic acids is 2. The summed E-state index contributed by atoms with van der Waals surface area (Å²) in [4.78, 5) is 23.5. The van der Waals surface area contributed by atoms with Crippen LogP contribution in [0, 0.1) is 18.2 Å². The Morgan fingerprint density at radius 1 is 1.07 bits per heavy atom. The van der Waals surface area contributed by atoms with Crippen molar-refractivity contribution in [2.75, 3.05) is 11.9 Å². The van der Waals surface area contributed by atoms with Crippen LogP contribution in [0.1, 0.15) is 18.4 Å². The van der Waals surface area contributed by atoms with E-state index in [4.69, 9.17) is 11.2 Å². The van der Waals surface area contributed by atoms with Crippen molar-refractivity contribution in [1.29, 1.82) is 0 Å². The number of benzene rings is 2. The molecule has 0 saturated heterocycles. The minimum absolute atomic E-state index is 0.0139. The third-order valence-corrected chi connectivity index (χ3v) is 3.31. The molecule has 2 amide bonds. The summed E-state index contributed by atoms with van der Waals surface area (Å²) in [6, 6.07) is 12.4. The summed E-state index contributed by atoms with van der Waals surface area (Å²) in [5.74, 6) is 1.89. The second kappa shape index (κ2) is 10.4. The topological polar surface area (TPSA) is 79.8 Å². The van der Waals surface area contributed by atoms with Gasteiger partial charge in [-0.15, -0.1) is 6.42 Å². The smallest absolute Gasteiger partial charge is 0.240 e. The Labute approximate surface area is 156 Å². The molecule has 0 spiro atoms. The van der Waals surface area contributed by atoms with Crippen molar-refractivity contribution in [3.8, 4) is 18.1 Å². The van der Waals surface area contributed by atoms with Crippen LogP contribution in [0.4, 0.5) is 10.1 Å². The molecule has 2 aromatic carbocycles. The molecule has 0 fully saturated rings. The monoisotopic (exact) mass is 367 g/mol. The second-order valence-corrected chi connectivity index (χ2v) is 5.41. The quantitative estimate of drug-likeness (QED) is 0.428. The zero-order chi connectivity index (χ0) is 19.5. The largest absolute Gasteiger partial charge is 0.481 e. The normalized spacial score (nSPS) is 10.2. The van der Waals surface area contributed by atoms with Gasteiger partial charge in [-0.2, -0.15) is 5.10 Å². The van der Waals surface area contributed by atoms with Gasteiger partial charge in [-0.05, 0) is 54.1 Å². The van der Waals surface area contributed by atoms with Crippen molar-refractivity contribution in [2.45, 2.75) is 12.8 Å². The number of rotatable bonds is 8. The summed E-state index contributed by atoms with van der Waals surface area (Å²) in [5.41, 5.74) is 3.58. The Kier molecular flexibility index (Phi) is 7.54. The maximum absolute atomic E-state index is 12.8. The molecule has 0 atom stereocenters. The van der Waals surface area contributed by atoms with Crippen LogP contribution in [0.25, 0.3) is 0 Å². The fourth-order valence-corrected chi connectivity index (χ4v) is 1.99. The van der Waals surface area contributed by atoms with E-state index in [2.05, 4.69) is 21.8 Å². The average Bonchev–Trinajstić information content (AvgIpc) is 2.67. The molecule has 0 bridgehead atoms. The van der Waals surface area contributed by atoms with Gasteiger partial charge in [-0.1, -0.05) is 5.92 Å². The number of halogens is 1. The maximum atomic E-state index is 12.8. The molecule has 0 aliphatic rings. The lowest BCUT2D eigenvalue weighted by Gasteiger charge is -2.04. The number of nitrogens with zero attached hydrogens (tertiary/aromatic N) is 1. The first-order valence-electron chi connectivity index (χ1n) is 8.10. The van der Waals surface area contributed by atoms with Gasteiger partial charge in [0.15, 0.2) is 0 Å². The van der Waals surface area contributed by atoms with E-state index in [9.17, 15) is 14.0 Å². The number of amides is 2. The Hall–Kier alpha value is -3.66. The molecule has 0 heterocycles. The van der Waals surface area contributed by atoms with E-state index in [0.717, 1.165) is 5.56 Å². The van der Waals surface area contributed by atoms with Crippen molar-refractivity contribution in [3.63, 3.8) is 0 Å². The summed E-state index contributed by atoms with van der Waals surface area (Å²) >= 11 is 0. The summed E-state index contributed by atoms with van der Waals surface area (Å²) in [7, 11) is 0. The van der Waals surface area contributed by atoms with Crippen LogP contribution < -0.4 is 15.5 Å². The molecular formula is C20H18FN3O3. The summed E-state index contributed by atoms with van der Waals surface area (Å²) in [6.07, 6.45) is 6.55. The molecule has 0 radical (unpaired) electrons. The van der Waals surface area contributed by atoms with Crippen LogP contribution in [-0.2, 0) is 9.59 Å². The first kappa shape index (κ1) is 19.7. The van der Waals surface area contributed by atoms with Crippen molar-refractivity contribution in [3.05, 3.63) is 59.9 Å². The van der Waals surface area contributed by atoms with Gasteiger partial charge in [0, 0.05) is 18.5 Å². The van der Waals surface area contributed by atoms with E-state index >= 15 is 0 Å². The van der Waals surface area contributed by atoms with Crippen LogP contribution in [0.15, 0.2) is 53.6 Å². The third kappa shape index (κ3) is 7.40. The number of hydrazone groups is 1. The number of terminal acetylenes is 1. The van der Waals surface area contributed by atoms with Crippen LogP contribution in [0.5, 0.6) is 5.75 Å². The van der Waals surface area contributed by atoms with Gasteiger partial charge in [-0.25, -0.2) is 9.82 Å². The molecule has 138 valence electrons. The van der Waals surface area contributed by atoms with Gasteiger partial charge in [0.1, 0.15) is 18.2 Å². The SMILES string of the molecule is C#CCOc1ccc(C=NNC(=O)CCC(=O)Nc2ccc(F)cc2)cc1. The minimum Gasteiger partial charge on any atom is -0.481 e. The molecule has 2 rings (SSSR count). The highest BCUT2D eigenvalue weighted by Gasteiger charge is 2.06. The number of hydrogen-bond acceptors (Lipinski definition) is 4. The van der Waals surface area contributed by atoms with Crippen molar-refractivity contribution >= 4 is 23.7 Å². The number of nitrogens with one attached hydrogen (secondary N) is 2. The molecule has 2 aromatic rings. The van der Waals surface area contributed by atoms with Crippen LogP contribution in [-0.4, -0.2) is 24.6 Å². The lowest BCUT2D eigenvalue weighted by molar-refractivity contribution is -0.124. The highest BCUT2D eigenvalue weighted by molar-refractivity contribution is 5.93. The highest BCUT2D eigenvalue weighted by atomic mass is 19.1. The van der Waals surface area contributed by atoms with Gasteiger partial charge >= 0.3 is 0 Å². The van der Waals surface area contributed by atoms with E-state index in [1.165, 1.54) is 30.5 Å². The predicted molar refractivity (Wildman–Crippen MR) is 101 cm³/mol. The predicted octanol–water partition coefficient (Wildman–Crippen LogP) is 2.71. The summed E-state index contributed by atoms with van der Waals surface area (Å²) in [6.45, 7) is 0.193. The lowest BCUT2D eigenvalue weighted by atomic mass is 10.2. The van der Waals surface area contributed by atoms with Gasteiger partial charge in [-0.3, -0.25) is 9.59 Å². The second-order valence-electron chi connectivity index (χ2n) is 5.41. The molecule has 2 N–H and O–H groups in total. The molecule has 0 unspecified atom stereocenters. The molecule has 6 nitrogen and oxygen atoms in total. The van der Waals surface area contributed by atoms with Gasteiger partial charge < -0.3 is 10.1 Å². The zero-order valence-electron chi connectivity index (χ0n) is 14.4. The first-order chi connectivity index (χ1) is 13.1. The molecular weight excluding hydrogens is 349 g/mol. The molecule has 0 aromatic heterocycles. The Bertz CT molecular complexity index is 840. The Balaban J connectivity index is 1.70. The van der Waals surface area contributed by atoms with Crippen molar-refractivity contribution in [1.82, 2.24) is 5.43 Å². The van der Waals surface area contributed by atoms with E-state index in [1.807, 2.05) is 0 Å². The first-order valence-corrected chi connectivity index (χ1v) is 8.10. The number of carbonyl (C=O) groups is 2. The molecule has 0 aliphatic heterocycles.